The van der Waals surface area contributed by atoms with Crippen LogP contribution in [0, 0.1) is 0 Å². The normalized spacial score (nSPS) is 10.8. The highest BCUT2D eigenvalue weighted by molar-refractivity contribution is 5.71. The van der Waals surface area contributed by atoms with Crippen molar-refractivity contribution >= 4 is 0 Å². The van der Waals surface area contributed by atoms with E-state index >= 15 is 0 Å². The lowest BCUT2D eigenvalue weighted by molar-refractivity contribution is 0.597. The number of hydrogen-bond acceptors (Lipinski definition) is 1. The zero-order valence-corrected chi connectivity index (χ0v) is 16.0. The van der Waals surface area contributed by atoms with E-state index in [2.05, 4.69) is 97.1 Å². The summed E-state index contributed by atoms with van der Waals surface area (Å²) in [6, 6.07) is 41.9. The Morgan fingerprint density at radius 3 is 0.966 bits per heavy atom. The van der Waals surface area contributed by atoms with Crippen molar-refractivity contribution in [2.24, 2.45) is 0 Å². The molecule has 0 aliphatic rings. The molecule has 1 heteroatoms. The molecule has 138 valence electrons. The molecule has 0 unspecified atom stereocenters. The summed E-state index contributed by atoms with van der Waals surface area (Å²) in [5, 5.41) is 0. The van der Waals surface area contributed by atoms with Gasteiger partial charge in [0.05, 0.1) is 0 Å². The zero-order valence-electron chi connectivity index (χ0n) is 16.0. The maximum atomic E-state index is 6.15. The lowest BCUT2D eigenvalue weighted by Gasteiger charge is -2.04. The Labute approximate surface area is 170 Å². The van der Waals surface area contributed by atoms with Gasteiger partial charge >= 0.3 is 0 Å². The summed E-state index contributed by atoms with van der Waals surface area (Å²) in [6.07, 6.45) is 0. The zero-order chi connectivity index (χ0) is 19.5. The van der Waals surface area contributed by atoms with Gasteiger partial charge in [-0.3, -0.25) is 0 Å². The van der Waals surface area contributed by atoms with Crippen LogP contribution in [-0.4, -0.2) is 0 Å². The second-order valence-electron chi connectivity index (χ2n) is 7.05. The third kappa shape index (κ3) is 3.63. The van der Waals surface area contributed by atoms with Crippen LogP contribution < -0.4 is 0 Å². The summed E-state index contributed by atoms with van der Waals surface area (Å²) < 4.78 is 6.15. The van der Waals surface area contributed by atoms with Gasteiger partial charge in [0, 0.05) is 11.1 Å². The van der Waals surface area contributed by atoms with E-state index in [0.29, 0.717) is 0 Å². The van der Waals surface area contributed by atoms with Crippen molar-refractivity contribution in [1.29, 1.82) is 0 Å². The van der Waals surface area contributed by atoms with Gasteiger partial charge in [-0.1, -0.05) is 109 Å². The first-order valence-corrected chi connectivity index (χ1v) is 9.78. The lowest BCUT2D eigenvalue weighted by atomic mass is 10.0. The summed E-state index contributed by atoms with van der Waals surface area (Å²) in [4.78, 5) is 0. The van der Waals surface area contributed by atoms with E-state index in [4.69, 9.17) is 4.42 Å². The molecule has 0 N–H and O–H groups in total. The molecule has 1 aromatic heterocycles. The molecule has 1 heterocycles. The van der Waals surface area contributed by atoms with E-state index in [1.165, 1.54) is 22.3 Å². The molecule has 0 bridgehead atoms. The molecule has 0 aliphatic heterocycles. The Morgan fingerprint density at radius 1 is 0.276 bits per heavy atom. The van der Waals surface area contributed by atoms with Gasteiger partial charge in [0.2, 0.25) is 0 Å². The average Bonchev–Trinajstić information content (AvgIpc) is 3.31. The van der Waals surface area contributed by atoms with Crippen LogP contribution in [-0.2, 0) is 0 Å². The molecular formula is C28H20O. The molecule has 5 aromatic rings. The molecular weight excluding hydrogens is 352 g/mol. The third-order valence-corrected chi connectivity index (χ3v) is 5.16. The fraction of sp³-hybridized carbons (Fsp3) is 0. The first-order valence-electron chi connectivity index (χ1n) is 9.78. The van der Waals surface area contributed by atoms with E-state index < -0.39 is 0 Å². The fourth-order valence-electron chi connectivity index (χ4n) is 3.56. The molecule has 0 radical (unpaired) electrons. The van der Waals surface area contributed by atoms with Gasteiger partial charge < -0.3 is 4.42 Å². The smallest absolute Gasteiger partial charge is 0.134 e. The monoisotopic (exact) mass is 372 g/mol. The molecule has 0 aliphatic carbocycles. The minimum Gasteiger partial charge on any atom is -0.456 e. The Kier molecular flexibility index (Phi) is 4.56. The van der Waals surface area contributed by atoms with Crippen LogP contribution in [0.3, 0.4) is 0 Å². The molecule has 0 saturated carbocycles. The molecule has 0 saturated heterocycles. The van der Waals surface area contributed by atoms with Gasteiger partial charge in [-0.25, -0.2) is 0 Å². The SMILES string of the molecule is c1ccc(-c2ccc(-c3ccc(-c4ccc(-c5ccccc5)cc4)o3)cc2)cc1. The molecule has 5 rings (SSSR count). The molecule has 0 fully saturated rings. The van der Waals surface area contributed by atoms with Crippen LogP contribution in [0.4, 0.5) is 0 Å². The van der Waals surface area contributed by atoms with Gasteiger partial charge in [0.25, 0.3) is 0 Å². The van der Waals surface area contributed by atoms with Crippen molar-refractivity contribution in [1.82, 2.24) is 0 Å². The first kappa shape index (κ1) is 17.3. The van der Waals surface area contributed by atoms with Gasteiger partial charge in [0.1, 0.15) is 11.5 Å². The van der Waals surface area contributed by atoms with Crippen molar-refractivity contribution in [3.05, 3.63) is 121 Å². The maximum absolute atomic E-state index is 6.15. The molecule has 0 spiro atoms. The van der Waals surface area contributed by atoms with Crippen molar-refractivity contribution in [2.75, 3.05) is 0 Å². The number of hydrogen-bond donors (Lipinski definition) is 0. The Bertz CT molecular complexity index is 1100. The fourth-order valence-corrected chi connectivity index (χ4v) is 3.56. The Morgan fingerprint density at radius 2 is 0.586 bits per heavy atom. The average molecular weight is 372 g/mol. The van der Waals surface area contributed by atoms with Crippen LogP contribution in [0.2, 0.25) is 0 Å². The predicted octanol–water partition coefficient (Wildman–Crippen LogP) is 7.95. The van der Waals surface area contributed by atoms with Gasteiger partial charge in [0.15, 0.2) is 0 Å². The highest BCUT2D eigenvalue weighted by Crippen LogP contribution is 2.31. The quantitative estimate of drug-likeness (QED) is 0.312. The number of furan rings is 1. The van der Waals surface area contributed by atoms with Crippen LogP contribution in [0.1, 0.15) is 0 Å². The van der Waals surface area contributed by atoms with Crippen molar-refractivity contribution in [2.45, 2.75) is 0 Å². The van der Waals surface area contributed by atoms with Crippen LogP contribution in [0.5, 0.6) is 0 Å². The molecule has 1 nitrogen and oxygen atoms in total. The van der Waals surface area contributed by atoms with E-state index in [0.717, 1.165) is 22.6 Å². The lowest BCUT2D eigenvalue weighted by Crippen LogP contribution is -1.79. The molecule has 0 amide bonds. The number of rotatable bonds is 4. The highest BCUT2D eigenvalue weighted by atomic mass is 16.3. The molecule has 0 atom stereocenters. The van der Waals surface area contributed by atoms with E-state index in [1.807, 2.05) is 24.3 Å². The van der Waals surface area contributed by atoms with E-state index in [9.17, 15) is 0 Å². The summed E-state index contributed by atoms with van der Waals surface area (Å²) in [7, 11) is 0. The van der Waals surface area contributed by atoms with Crippen molar-refractivity contribution in [3.8, 4) is 44.9 Å². The standard InChI is InChI=1S/C28H20O/c1-3-7-21(8-4-1)23-11-15-25(16-12-23)27-19-20-28(29-27)26-17-13-24(14-18-26)22-9-5-2-6-10-22/h1-20H. The summed E-state index contributed by atoms with van der Waals surface area (Å²) in [5.74, 6) is 1.76. The number of benzene rings is 4. The minimum atomic E-state index is 0.881. The maximum Gasteiger partial charge on any atom is 0.134 e. The summed E-state index contributed by atoms with van der Waals surface area (Å²) in [6.45, 7) is 0. The third-order valence-electron chi connectivity index (χ3n) is 5.16. The van der Waals surface area contributed by atoms with Crippen LogP contribution in [0.25, 0.3) is 44.9 Å². The second kappa shape index (κ2) is 7.65. The largest absolute Gasteiger partial charge is 0.456 e. The summed E-state index contributed by atoms with van der Waals surface area (Å²) >= 11 is 0. The Hall–Kier alpha value is -3.84. The van der Waals surface area contributed by atoms with E-state index in [-0.39, 0.29) is 0 Å². The van der Waals surface area contributed by atoms with Gasteiger partial charge in [-0.05, 0) is 34.4 Å². The molecule has 4 aromatic carbocycles. The second-order valence-corrected chi connectivity index (χ2v) is 7.05. The highest BCUT2D eigenvalue weighted by Gasteiger charge is 2.08. The van der Waals surface area contributed by atoms with Crippen molar-refractivity contribution < 1.29 is 4.42 Å². The topological polar surface area (TPSA) is 13.1 Å². The minimum absolute atomic E-state index is 0.881. The van der Waals surface area contributed by atoms with Crippen molar-refractivity contribution in [3.63, 3.8) is 0 Å². The van der Waals surface area contributed by atoms with E-state index in [1.54, 1.807) is 0 Å². The first-order chi connectivity index (χ1) is 14.4. The Balaban J connectivity index is 1.38. The van der Waals surface area contributed by atoms with Gasteiger partial charge in [-0.15, -0.1) is 0 Å². The van der Waals surface area contributed by atoms with Crippen LogP contribution in [0.15, 0.2) is 126 Å². The van der Waals surface area contributed by atoms with Crippen LogP contribution >= 0.6 is 0 Å². The van der Waals surface area contributed by atoms with Gasteiger partial charge in [-0.2, -0.15) is 0 Å². The summed E-state index contributed by atoms with van der Waals surface area (Å²) in [5.41, 5.74) is 7.01. The predicted molar refractivity (Wildman–Crippen MR) is 120 cm³/mol. The molecule has 29 heavy (non-hydrogen) atoms.